The van der Waals surface area contributed by atoms with E-state index in [-0.39, 0.29) is 11.7 Å². The maximum absolute atomic E-state index is 13.2. The number of carbonyl (C=O) groups excluding carboxylic acids is 1. The lowest BCUT2D eigenvalue weighted by atomic mass is 9.99. The second-order valence-corrected chi connectivity index (χ2v) is 8.27. The molecule has 5 heteroatoms. The first-order valence-electron chi connectivity index (χ1n) is 10.4. The van der Waals surface area contributed by atoms with E-state index < -0.39 is 0 Å². The van der Waals surface area contributed by atoms with Gasteiger partial charge in [-0.1, -0.05) is 17.7 Å². The number of fused-ring (bicyclic) bond motifs is 1. The lowest BCUT2D eigenvalue weighted by molar-refractivity contribution is -0.941. The van der Waals surface area contributed by atoms with Crippen molar-refractivity contribution in [2.75, 3.05) is 11.9 Å². The predicted molar refractivity (Wildman–Crippen MR) is 115 cm³/mol. The molecule has 0 saturated carbocycles. The number of hydrogen-bond acceptors (Lipinski definition) is 3. The molecule has 3 aromatic rings. The molecular formula is C24H29N2O3+. The second-order valence-electron chi connectivity index (χ2n) is 8.27. The number of quaternary nitrogens is 1. The summed E-state index contributed by atoms with van der Waals surface area (Å²) in [4.78, 5) is 14.6. The van der Waals surface area contributed by atoms with Crippen LogP contribution in [0.5, 0.6) is 5.75 Å². The fourth-order valence-corrected chi connectivity index (χ4v) is 4.39. The standard InChI is InChI=1S/C24H28N2O3/c1-15-7-9-18(10-8-15)25-24(28)22-17(3)29-21-12-11-20(27)19(23(21)22)14-26-13-5-4-6-16(26)2/h7-12,16,27H,4-6,13-14H2,1-3H3,(H,25,28)/p+1/t16-/m1/s1. The average molecular weight is 394 g/mol. The van der Waals surface area contributed by atoms with E-state index >= 15 is 0 Å². The Bertz CT molecular complexity index is 1040. The summed E-state index contributed by atoms with van der Waals surface area (Å²) in [5.74, 6) is 0.588. The first-order chi connectivity index (χ1) is 13.9. The minimum atomic E-state index is -0.210. The summed E-state index contributed by atoms with van der Waals surface area (Å²) in [6.07, 6.45) is 3.65. The van der Waals surface area contributed by atoms with Crippen molar-refractivity contribution in [2.24, 2.45) is 0 Å². The largest absolute Gasteiger partial charge is 0.507 e. The Hall–Kier alpha value is -2.79. The van der Waals surface area contributed by atoms with E-state index in [0.29, 0.717) is 29.5 Å². The van der Waals surface area contributed by atoms with E-state index in [9.17, 15) is 9.90 Å². The second kappa shape index (κ2) is 7.91. The number of furan rings is 1. The maximum atomic E-state index is 13.2. The highest BCUT2D eigenvalue weighted by molar-refractivity contribution is 6.14. The summed E-state index contributed by atoms with van der Waals surface area (Å²) in [6.45, 7) is 7.85. The lowest BCUT2D eigenvalue weighted by Gasteiger charge is -2.30. The number of hydrogen-bond donors (Lipinski definition) is 3. The Morgan fingerprint density at radius 2 is 1.93 bits per heavy atom. The highest BCUT2D eigenvalue weighted by Gasteiger charge is 2.28. The SMILES string of the molecule is Cc1ccc(NC(=O)c2c(C)oc3ccc(O)c(C[NH+]4CCCC[C@H]4C)c23)cc1. The number of nitrogens with one attached hydrogen (secondary N) is 2. The molecule has 1 aliphatic rings. The van der Waals surface area contributed by atoms with Crippen LogP contribution in [0.25, 0.3) is 11.0 Å². The number of aryl methyl sites for hydroxylation is 2. The normalized spacial score (nSPS) is 19.4. The van der Waals surface area contributed by atoms with Gasteiger partial charge in [0.05, 0.1) is 23.7 Å². The van der Waals surface area contributed by atoms with Gasteiger partial charge in [0.1, 0.15) is 23.6 Å². The quantitative estimate of drug-likeness (QED) is 0.628. The lowest BCUT2D eigenvalue weighted by Crippen LogP contribution is -3.14. The van der Waals surface area contributed by atoms with Crippen LogP contribution in [0, 0.1) is 13.8 Å². The smallest absolute Gasteiger partial charge is 0.259 e. The van der Waals surface area contributed by atoms with E-state index in [1.807, 2.05) is 31.2 Å². The number of anilines is 1. The molecule has 0 radical (unpaired) electrons. The molecule has 2 heterocycles. The summed E-state index contributed by atoms with van der Waals surface area (Å²) in [7, 11) is 0. The van der Waals surface area contributed by atoms with Crippen LogP contribution >= 0.6 is 0 Å². The molecule has 152 valence electrons. The number of piperidine rings is 1. The fraction of sp³-hybridized carbons (Fsp3) is 0.375. The Morgan fingerprint density at radius 3 is 2.66 bits per heavy atom. The molecule has 0 aliphatic carbocycles. The molecule has 1 aromatic heterocycles. The number of phenolic OH excluding ortho intramolecular Hbond substituents is 1. The number of rotatable bonds is 4. The van der Waals surface area contributed by atoms with E-state index in [1.54, 1.807) is 19.1 Å². The number of amides is 1. The summed E-state index contributed by atoms with van der Waals surface area (Å²) in [5, 5.41) is 14.4. The third-order valence-corrected chi connectivity index (χ3v) is 6.14. The Kier molecular flexibility index (Phi) is 5.33. The molecule has 1 saturated heterocycles. The zero-order valence-electron chi connectivity index (χ0n) is 17.3. The topological polar surface area (TPSA) is 66.9 Å². The van der Waals surface area contributed by atoms with Crippen molar-refractivity contribution >= 4 is 22.6 Å². The summed E-state index contributed by atoms with van der Waals surface area (Å²) in [6, 6.07) is 11.7. The van der Waals surface area contributed by atoms with E-state index in [0.717, 1.165) is 28.7 Å². The Morgan fingerprint density at radius 1 is 1.17 bits per heavy atom. The first kappa shape index (κ1) is 19.5. The predicted octanol–water partition coefficient (Wildman–Crippen LogP) is 3.96. The van der Waals surface area contributed by atoms with Crippen molar-refractivity contribution in [3.63, 3.8) is 0 Å². The van der Waals surface area contributed by atoms with Crippen LogP contribution in [-0.2, 0) is 6.54 Å². The molecule has 4 rings (SSSR count). The van der Waals surface area contributed by atoms with Gasteiger partial charge in [-0.05, 0) is 64.3 Å². The van der Waals surface area contributed by atoms with Crippen LogP contribution in [0.4, 0.5) is 5.69 Å². The van der Waals surface area contributed by atoms with Crippen LogP contribution in [0.15, 0.2) is 40.8 Å². The molecule has 0 spiro atoms. The van der Waals surface area contributed by atoms with E-state index in [2.05, 4.69) is 12.2 Å². The van der Waals surface area contributed by atoms with Gasteiger partial charge in [0.25, 0.3) is 5.91 Å². The van der Waals surface area contributed by atoms with Gasteiger partial charge in [-0.3, -0.25) is 4.79 Å². The van der Waals surface area contributed by atoms with Crippen LogP contribution in [-0.4, -0.2) is 23.6 Å². The Balaban J connectivity index is 1.73. The molecule has 1 unspecified atom stereocenters. The third kappa shape index (κ3) is 3.87. The molecule has 1 amide bonds. The van der Waals surface area contributed by atoms with Gasteiger partial charge in [0.15, 0.2) is 0 Å². The summed E-state index contributed by atoms with van der Waals surface area (Å²) >= 11 is 0. The zero-order valence-corrected chi connectivity index (χ0v) is 17.3. The summed E-state index contributed by atoms with van der Waals surface area (Å²) in [5.41, 5.74) is 3.84. The molecule has 2 atom stereocenters. The zero-order chi connectivity index (χ0) is 20.5. The van der Waals surface area contributed by atoms with Crippen molar-refractivity contribution in [2.45, 2.75) is 52.6 Å². The highest BCUT2D eigenvalue weighted by atomic mass is 16.3. The van der Waals surface area contributed by atoms with Gasteiger partial charge in [-0.15, -0.1) is 0 Å². The number of phenols is 1. The minimum absolute atomic E-state index is 0.210. The molecule has 29 heavy (non-hydrogen) atoms. The molecule has 1 aliphatic heterocycles. The van der Waals surface area contributed by atoms with E-state index in [4.69, 9.17) is 4.42 Å². The Labute approximate surface area is 171 Å². The van der Waals surface area contributed by atoms with Crippen molar-refractivity contribution in [3.05, 3.63) is 58.8 Å². The van der Waals surface area contributed by atoms with Crippen molar-refractivity contribution in [3.8, 4) is 5.75 Å². The number of benzene rings is 2. The van der Waals surface area contributed by atoms with Crippen molar-refractivity contribution in [1.29, 1.82) is 0 Å². The maximum Gasteiger partial charge on any atom is 0.259 e. The monoisotopic (exact) mass is 393 g/mol. The van der Waals surface area contributed by atoms with Crippen LogP contribution in [0.3, 0.4) is 0 Å². The van der Waals surface area contributed by atoms with Crippen LogP contribution < -0.4 is 10.2 Å². The van der Waals surface area contributed by atoms with Gasteiger partial charge in [0, 0.05) is 11.1 Å². The van der Waals surface area contributed by atoms with Gasteiger partial charge < -0.3 is 19.7 Å². The van der Waals surface area contributed by atoms with Crippen molar-refractivity contribution in [1.82, 2.24) is 0 Å². The number of carbonyl (C=O) groups is 1. The molecular weight excluding hydrogens is 364 g/mol. The molecule has 1 fully saturated rings. The third-order valence-electron chi connectivity index (χ3n) is 6.14. The molecule has 3 N–H and O–H groups in total. The van der Waals surface area contributed by atoms with Gasteiger partial charge in [-0.25, -0.2) is 0 Å². The average Bonchev–Trinajstić information content (AvgIpc) is 3.03. The molecule has 0 bridgehead atoms. The first-order valence-corrected chi connectivity index (χ1v) is 10.4. The number of likely N-dealkylation sites (tertiary alicyclic amines) is 1. The van der Waals surface area contributed by atoms with E-state index in [1.165, 1.54) is 24.2 Å². The van der Waals surface area contributed by atoms with Crippen LogP contribution in [0.1, 0.15) is 53.4 Å². The highest BCUT2D eigenvalue weighted by Crippen LogP contribution is 2.34. The summed E-state index contributed by atoms with van der Waals surface area (Å²) < 4.78 is 5.91. The molecule has 2 aromatic carbocycles. The number of aromatic hydroxyl groups is 1. The van der Waals surface area contributed by atoms with Crippen molar-refractivity contribution < 1.29 is 19.2 Å². The van der Waals surface area contributed by atoms with Gasteiger partial charge in [-0.2, -0.15) is 0 Å². The van der Waals surface area contributed by atoms with Gasteiger partial charge >= 0.3 is 0 Å². The minimum Gasteiger partial charge on any atom is -0.507 e. The van der Waals surface area contributed by atoms with Crippen LogP contribution in [0.2, 0.25) is 0 Å². The fourth-order valence-electron chi connectivity index (χ4n) is 4.39. The van der Waals surface area contributed by atoms with Gasteiger partial charge in [0.2, 0.25) is 0 Å². The molecule has 5 nitrogen and oxygen atoms in total.